The Balaban J connectivity index is 0.00000214. The molecule has 0 N–H and O–H groups in total. The van der Waals surface area contributed by atoms with E-state index < -0.39 is 0 Å². The Kier molecular flexibility index (Phi) is 22.4. The molecule has 1 unspecified atom stereocenters. The summed E-state index contributed by atoms with van der Waals surface area (Å²) in [6, 6.07) is 16.6. The van der Waals surface area contributed by atoms with Crippen LogP contribution in [0.15, 0.2) is 73.9 Å². The van der Waals surface area contributed by atoms with Gasteiger partial charge >= 0.3 is 0 Å². The van der Waals surface area contributed by atoms with Crippen molar-refractivity contribution in [2.75, 3.05) is 31.1 Å². The molecular weight excluding hydrogens is 532 g/mol. The smallest absolute Gasteiger partial charge is 0.0366 e. The monoisotopic (exact) mass is 603 g/mol. The van der Waals surface area contributed by atoms with Gasteiger partial charge in [-0.25, -0.2) is 0 Å². The number of nitrogens with zero attached hydrogens (tertiary/aromatic N) is 2. The molecule has 2 nitrogen and oxygen atoms in total. The maximum Gasteiger partial charge on any atom is 0.0366 e. The first-order valence-electron chi connectivity index (χ1n) is 18.0. The topological polar surface area (TPSA) is 6.48 Å². The van der Waals surface area contributed by atoms with Gasteiger partial charge in [0.2, 0.25) is 0 Å². The zero-order chi connectivity index (χ0) is 33.7. The Morgan fingerprint density at radius 1 is 0.795 bits per heavy atom. The first kappa shape index (κ1) is 41.4. The number of aryl methyl sites for hydroxylation is 1. The van der Waals surface area contributed by atoms with E-state index in [1.165, 1.54) is 90.9 Å². The molecule has 2 saturated heterocycles. The molecule has 2 heteroatoms. The Labute approximate surface area is 275 Å². The van der Waals surface area contributed by atoms with Crippen LogP contribution < -0.4 is 4.90 Å². The highest BCUT2D eigenvalue weighted by Crippen LogP contribution is 2.37. The molecule has 0 saturated carbocycles. The molecule has 2 heterocycles. The molecule has 2 aliphatic rings. The number of allylic oxidation sites excluding steroid dienone is 3. The lowest BCUT2D eigenvalue weighted by Gasteiger charge is -2.42. The average Bonchev–Trinajstić information content (AvgIpc) is 3.09. The van der Waals surface area contributed by atoms with Crippen molar-refractivity contribution in [2.45, 2.75) is 127 Å². The Bertz CT molecular complexity index is 1050. The third-order valence-electron chi connectivity index (χ3n) is 8.69. The first-order chi connectivity index (χ1) is 21.4. The van der Waals surface area contributed by atoms with Gasteiger partial charge in [0.05, 0.1) is 0 Å². The first-order valence-corrected chi connectivity index (χ1v) is 18.0. The molecule has 4 rings (SSSR count). The quantitative estimate of drug-likeness (QED) is 0.263. The summed E-state index contributed by atoms with van der Waals surface area (Å²) in [4.78, 5) is 5.35. The van der Waals surface area contributed by atoms with Crippen LogP contribution in [0.25, 0.3) is 5.57 Å². The highest BCUT2D eigenvalue weighted by molar-refractivity contribution is 5.70. The van der Waals surface area contributed by atoms with Crippen LogP contribution in [-0.4, -0.2) is 37.1 Å². The van der Waals surface area contributed by atoms with E-state index in [0.717, 1.165) is 18.9 Å². The fraction of sp³-hybridized carbons (Fsp3) is 0.571. The summed E-state index contributed by atoms with van der Waals surface area (Å²) in [7, 11) is 0. The molecule has 44 heavy (non-hydrogen) atoms. The fourth-order valence-corrected chi connectivity index (χ4v) is 6.30. The zero-order valence-corrected chi connectivity index (χ0v) is 30.9. The summed E-state index contributed by atoms with van der Waals surface area (Å²) in [6.07, 6.45) is 9.21. The van der Waals surface area contributed by atoms with Crippen molar-refractivity contribution in [3.05, 3.63) is 96.1 Å². The number of benzene rings is 2. The van der Waals surface area contributed by atoms with Gasteiger partial charge in [-0.2, -0.15) is 0 Å². The summed E-state index contributed by atoms with van der Waals surface area (Å²) in [6.45, 7) is 40.1. The molecule has 0 aromatic heterocycles. The van der Waals surface area contributed by atoms with Crippen LogP contribution in [0.4, 0.5) is 5.69 Å². The van der Waals surface area contributed by atoms with Crippen LogP contribution in [0.3, 0.4) is 0 Å². The van der Waals surface area contributed by atoms with Crippen molar-refractivity contribution in [2.24, 2.45) is 5.92 Å². The van der Waals surface area contributed by atoms with E-state index in [4.69, 9.17) is 0 Å². The van der Waals surface area contributed by atoms with Gasteiger partial charge in [-0.05, 0) is 113 Å². The maximum absolute atomic E-state index is 4.51. The number of anilines is 1. The van der Waals surface area contributed by atoms with Crippen LogP contribution in [-0.2, 0) is 0 Å². The molecule has 0 radical (unpaired) electrons. The summed E-state index contributed by atoms with van der Waals surface area (Å²) in [5, 5.41) is 0. The molecular formula is C42H70N2. The van der Waals surface area contributed by atoms with E-state index >= 15 is 0 Å². The molecule has 2 aromatic carbocycles. The predicted octanol–water partition coefficient (Wildman–Crippen LogP) is 12.4. The molecule has 0 spiro atoms. The summed E-state index contributed by atoms with van der Waals surface area (Å²) in [5.41, 5.74) is 9.44. The lowest BCUT2D eigenvalue weighted by atomic mass is 9.81. The third kappa shape index (κ3) is 12.4. The highest BCUT2D eigenvalue weighted by Gasteiger charge is 2.29. The van der Waals surface area contributed by atoms with E-state index in [0.29, 0.717) is 11.8 Å². The van der Waals surface area contributed by atoms with Gasteiger partial charge in [-0.3, -0.25) is 0 Å². The van der Waals surface area contributed by atoms with Crippen LogP contribution >= 0.6 is 0 Å². The number of piperidine rings is 2. The number of hydrogen-bond acceptors (Lipinski definition) is 2. The Morgan fingerprint density at radius 2 is 1.34 bits per heavy atom. The average molecular weight is 603 g/mol. The van der Waals surface area contributed by atoms with Gasteiger partial charge in [-0.15, -0.1) is 13.2 Å². The minimum atomic E-state index is 0.309. The lowest BCUT2D eigenvalue weighted by molar-refractivity contribution is 0.131. The largest absolute Gasteiger partial charge is 0.371 e. The van der Waals surface area contributed by atoms with Gasteiger partial charge in [0, 0.05) is 30.7 Å². The Hall–Kier alpha value is -2.58. The van der Waals surface area contributed by atoms with E-state index in [2.05, 4.69) is 98.8 Å². The number of hydrogen-bond donors (Lipinski definition) is 0. The molecule has 2 fully saturated rings. The maximum atomic E-state index is 4.51. The minimum absolute atomic E-state index is 0.309. The van der Waals surface area contributed by atoms with E-state index in [1.807, 2.05) is 55.4 Å². The van der Waals surface area contributed by atoms with Gasteiger partial charge in [0.15, 0.2) is 0 Å². The van der Waals surface area contributed by atoms with Gasteiger partial charge in [-0.1, -0.05) is 110 Å². The van der Waals surface area contributed by atoms with Crippen molar-refractivity contribution < 1.29 is 0 Å². The molecule has 0 bridgehead atoms. The highest BCUT2D eigenvalue weighted by atomic mass is 15.2. The third-order valence-corrected chi connectivity index (χ3v) is 8.69. The SMILES string of the molecule is C=CC(CCC(=C)C)C(=C)c1cccc(C2CCN(C3CCN(c4ccc(C)cc4)CC3)CC2)c1C.CC.CC.CC.CC. The van der Waals surface area contributed by atoms with Gasteiger partial charge in [0.25, 0.3) is 0 Å². The van der Waals surface area contributed by atoms with Crippen molar-refractivity contribution in [1.82, 2.24) is 4.90 Å². The van der Waals surface area contributed by atoms with Gasteiger partial charge in [0.1, 0.15) is 0 Å². The van der Waals surface area contributed by atoms with Crippen molar-refractivity contribution in [1.29, 1.82) is 0 Å². The number of rotatable bonds is 9. The minimum Gasteiger partial charge on any atom is -0.371 e. The van der Waals surface area contributed by atoms with Crippen LogP contribution in [0, 0.1) is 19.8 Å². The van der Waals surface area contributed by atoms with Crippen LogP contribution in [0.2, 0.25) is 0 Å². The summed E-state index contributed by atoms with van der Waals surface area (Å²) >= 11 is 0. The number of likely N-dealkylation sites (tertiary alicyclic amines) is 1. The van der Waals surface area contributed by atoms with Gasteiger partial charge < -0.3 is 9.80 Å². The van der Waals surface area contributed by atoms with Crippen LogP contribution in [0.5, 0.6) is 0 Å². The Morgan fingerprint density at radius 3 is 1.84 bits per heavy atom. The molecule has 0 aliphatic carbocycles. The van der Waals surface area contributed by atoms with Crippen LogP contribution in [0.1, 0.15) is 129 Å². The summed E-state index contributed by atoms with van der Waals surface area (Å²) in [5.74, 6) is 0.961. The van der Waals surface area contributed by atoms with Crippen molar-refractivity contribution in [3.63, 3.8) is 0 Å². The second-order valence-electron chi connectivity index (χ2n) is 11.2. The predicted molar refractivity (Wildman–Crippen MR) is 203 cm³/mol. The molecule has 248 valence electrons. The van der Waals surface area contributed by atoms with E-state index in [9.17, 15) is 0 Å². The summed E-state index contributed by atoms with van der Waals surface area (Å²) < 4.78 is 0. The lowest BCUT2D eigenvalue weighted by Crippen LogP contribution is -2.47. The normalized spacial score (nSPS) is 15.8. The molecule has 1 atom stereocenters. The van der Waals surface area contributed by atoms with E-state index in [1.54, 1.807) is 0 Å². The molecule has 2 aromatic rings. The zero-order valence-electron chi connectivity index (χ0n) is 30.9. The van der Waals surface area contributed by atoms with Crippen molar-refractivity contribution in [3.8, 4) is 0 Å². The van der Waals surface area contributed by atoms with E-state index in [-0.39, 0.29) is 0 Å². The second-order valence-corrected chi connectivity index (χ2v) is 11.2. The molecule has 0 amide bonds. The standard InChI is InChI=1S/C34H46N2.4C2H6/c1-7-29(14-11-25(2)3)27(5)33-9-8-10-34(28(33)6)30-17-21-35(22-18-30)32-19-23-36(24-20-32)31-15-12-26(4)13-16-31;4*1-2/h7-10,12-13,15-16,29-30,32H,1-2,5,11,14,17-24H2,3-4,6H3;4*1-2H3. The second kappa shape index (κ2) is 23.8. The van der Waals surface area contributed by atoms with Crippen molar-refractivity contribution >= 4 is 11.3 Å². The molecule has 2 aliphatic heterocycles. The fourth-order valence-electron chi connectivity index (χ4n) is 6.30.